The van der Waals surface area contributed by atoms with Crippen LogP contribution in [0, 0.1) is 6.92 Å². The van der Waals surface area contributed by atoms with Crippen LogP contribution in [0.2, 0.25) is 0 Å². The van der Waals surface area contributed by atoms with Gasteiger partial charge in [0.2, 0.25) is 10.0 Å². The normalized spacial score (nSPS) is 12.5. The zero-order chi connectivity index (χ0) is 21.1. The highest BCUT2D eigenvalue weighted by Crippen LogP contribution is 2.32. The Balaban J connectivity index is 2.25. The molecule has 0 radical (unpaired) electrons. The quantitative estimate of drug-likeness (QED) is 0.731. The Morgan fingerprint density at radius 2 is 1.75 bits per heavy atom. The van der Waals surface area contributed by atoms with Gasteiger partial charge in [-0.3, -0.25) is 9.52 Å². The predicted octanol–water partition coefficient (Wildman–Crippen LogP) is 3.99. The molecule has 6 nitrogen and oxygen atoms in total. The molecule has 0 aliphatic rings. The molecule has 2 aromatic rings. The number of benzene rings is 2. The zero-order valence-corrected chi connectivity index (χ0v) is 18.0. The molecule has 0 aliphatic heterocycles. The van der Waals surface area contributed by atoms with E-state index in [1.165, 1.54) is 6.07 Å². The van der Waals surface area contributed by atoms with Crippen molar-refractivity contribution in [1.82, 2.24) is 5.32 Å². The van der Waals surface area contributed by atoms with Gasteiger partial charge in [-0.25, -0.2) is 8.42 Å². The van der Waals surface area contributed by atoms with Gasteiger partial charge >= 0.3 is 0 Å². The summed E-state index contributed by atoms with van der Waals surface area (Å²) in [6, 6.07) is 10.3. The van der Waals surface area contributed by atoms with Gasteiger partial charge in [0.05, 0.1) is 19.4 Å². The molecule has 0 heterocycles. The van der Waals surface area contributed by atoms with Crippen LogP contribution in [0.3, 0.4) is 0 Å². The van der Waals surface area contributed by atoms with Gasteiger partial charge in [-0.05, 0) is 66.8 Å². The monoisotopic (exact) mass is 404 g/mol. The van der Waals surface area contributed by atoms with Crippen LogP contribution in [0.1, 0.15) is 59.8 Å². The lowest BCUT2D eigenvalue weighted by Gasteiger charge is -2.21. The van der Waals surface area contributed by atoms with Crippen molar-refractivity contribution >= 4 is 21.6 Å². The molecule has 0 unspecified atom stereocenters. The second-order valence-corrected chi connectivity index (χ2v) is 9.00. The Morgan fingerprint density at radius 3 is 2.32 bits per heavy atom. The number of hydrogen-bond donors (Lipinski definition) is 2. The molecule has 2 rings (SSSR count). The number of carbonyl (C=O) groups is 1. The average molecular weight is 405 g/mol. The molecule has 1 amide bonds. The van der Waals surface area contributed by atoms with E-state index in [0.717, 1.165) is 28.7 Å². The van der Waals surface area contributed by atoms with Crippen molar-refractivity contribution < 1.29 is 17.9 Å². The summed E-state index contributed by atoms with van der Waals surface area (Å²) in [6.07, 6.45) is 1.07. The van der Waals surface area contributed by atoms with Crippen LogP contribution in [-0.4, -0.2) is 27.7 Å². The molecule has 0 saturated carbocycles. The summed E-state index contributed by atoms with van der Waals surface area (Å²) < 4.78 is 30.7. The molecule has 2 aromatic carbocycles. The number of methoxy groups -OCH3 is 1. The Labute approximate surface area is 167 Å². The van der Waals surface area contributed by atoms with Crippen molar-refractivity contribution in [3.63, 3.8) is 0 Å². The van der Waals surface area contributed by atoms with Crippen molar-refractivity contribution in [3.05, 3.63) is 58.7 Å². The van der Waals surface area contributed by atoms with Crippen LogP contribution in [0.25, 0.3) is 0 Å². The van der Waals surface area contributed by atoms with Crippen molar-refractivity contribution in [2.45, 2.75) is 39.7 Å². The number of rotatable bonds is 7. The highest BCUT2D eigenvalue weighted by atomic mass is 32.2. The van der Waals surface area contributed by atoms with Crippen molar-refractivity contribution in [1.29, 1.82) is 0 Å². The van der Waals surface area contributed by atoms with E-state index in [0.29, 0.717) is 11.3 Å². The third-order valence-corrected chi connectivity index (χ3v) is 5.09. The second kappa shape index (κ2) is 8.65. The molecule has 28 heavy (non-hydrogen) atoms. The number of carbonyl (C=O) groups excluding carboxylic acids is 1. The second-order valence-electron chi connectivity index (χ2n) is 7.26. The summed E-state index contributed by atoms with van der Waals surface area (Å²) in [7, 11) is -1.75. The molecule has 7 heteroatoms. The average Bonchev–Trinajstić information content (AvgIpc) is 2.59. The van der Waals surface area contributed by atoms with Gasteiger partial charge in [-0.15, -0.1) is 0 Å². The lowest BCUT2D eigenvalue weighted by Crippen LogP contribution is -2.27. The first kappa shape index (κ1) is 21.8. The first-order valence-corrected chi connectivity index (χ1v) is 11.0. The van der Waals surface area contributed by atoms with Gasteiger partial charge in [0.15, 0.2) is 0 Å². The molecule has 0 aliphatic carbocycles. The van der Waals surface area contributed by atoms with Gasteiger partial charge in [0, 0.05) is 11.3 Å². The lowest BCUT2D eigenvalue weighted by atomic mass is 9.93. The maximum atomic E-state index is 12.7. The van der Waals surface area contributed by atoms with Gasteiger partial charge in [-0.2, -0.15) is 0 Å². The molecule has 0 fully saturated rings. The Bertz CT molecular complexity index is 968. The molecule has 152 valence electrons. The third-order valence-electron chi connectivity index (χ3n) is 4.48. The molecule has 0 saturated heterocycles. The van der Waals surface area contributed by atoms with Gasteiger partial charge in [-0.1, -0.05) is 19.9 Å². The first-order valence-electron chi connectivity index (χ1n) is 9.09. The molecule has 2 N–H and O–H groups in total. The van der Waals surface area contributed by atoms with Gasteiger partial charge < -0.3 is 10.1 Å². The molecule has 0 spiro atoms. The Kier molecular flexibility index (Phi) is 6.72. The number of hydrogen-bond acceptors (Lipinski definition) is 4. The van der Waals surface area contributed by atoms with E-state index < -0.39 is 10.0 Å². The fourth-order valence-corrected chi connectivity index (χ4v) is 3.66. The van der Waals surface area contributed by atoms with Gasteiger partial charge in [0.25, 0.3) is 5.91 Å². The summed E-state index contributed by atoms with van der Waals surface area (Å²) in [5.41, 5.74) is 3.87. The minimum Gasteiger partial charge on any atom is -0.496 e. The summed E-state index contributed by atoms with van der Waals surface area (Å²) in [6.45, 7) is 8.11. The van der Waals surface area contributed by atoms with Crippen molar-refractivity contribution in [2.75, 3.05) is 18.1 Å². The van der Waals surface area contributed by atoms with Crippen molar-refractivity contribution in [3.8, 4) is 5.75 Å². The number of amides is 1. The van der Waals surface area contributed by atoms with E-state index in [2.05, 4.69) is 30.0 Å². The summed E-state index contributed by atoms with van der Waals surface area (Å²) in [4.78, 5) is 12.7. The first-order chi connectivity index (χ1) is 13.0. The van der Waals surface area contributed by atoms with E-state index >= 15 is 0 Å². The Hall–Kier alpha value is -2.54. The summed E-state index contributed by atoms with van der Waals surface area (Å²) in [5.74, 6) is 0.858. The number of anilines is 1. The highest BCUT2D eigenvalue weighted by Gasteiger charge is 2.18. The maximum Gasteiger partial charge on any atom is 0.251 e. The molecule has 1 atom stereocenters. The van der Waals surface area contributed by atoms with Crippen LogP contribution in [0.15, 0.2) is 36.4 Å². The topological polar surface area (TPSA) is 84.5 Å². The molecule has 0 aromatic heterocycles. The highest BCUT2D eigenvalue weighted by molar-refractivity contribution is 7.92. The van der Waals surface area contributed by atoms with Crippen LogP contribution < -0.4 is 14.8 Å². The van der Waals surface area contributed by atoms with Crippen LogP contribution in [0.5, 0.6) is 5.75 Å². The van der Waals surface area contributed by atoms with Gasteiger partial charge in [0.1, 0.15) is 5.75 Å². The molecule has 0 bridgehead atoms. The molecular formula is C21H28N2O4S. The lowest BCUT2D eigenvalue weighted by molar-refractivity contribution is 0.0940. The SMILES string of the molecule is COc1cc(C)c([C@@H](C)NC(=O)c2cccc(NS(C)(=O)=O)c2)cc1C(C)C. The van der Waals surface area contributed by atoms with Crippen LogP contribution >= 0.6 is 0 Å². The summed E-state index contributed by atoms with van der Waals surface area (Å²) in [5, 5.41) is 2.99. The largest absolute Gasteiger partial charge is 0.496 e. The van der Waals surface area contributed by atoms with E-state index in [9.17, 15) is 13.2 Å². The van der Waals surface area contributed by atoms with Crippen molar-refractivity contribution in [2.24, 2.45) is 0 Å². The predicted molar refractivity (Wildman–Crippen MR) is 113 cm³/mol. The minimum atomic E-state index is -3.40. The third kappa shape index (κ3) is 5.48. The molecular weight excluding hydrogens is 376 g/mol. The number of aryl methyl sites for hydroxylation is 1. The fourth-order valence-electron chi connectivity index (χ4n) is 3.11. The number of nitrogens with one attached hydrogen (secondary N) is 2. The van der Waals surface area contributed by atoms with E-state index in [1.807, 2.05) is 19.9 Å². The van der Waals surface area contributed by atoms with Crippen LogP contribution in [0.4, 0.5) is 5.69 Å². The minimum absolute atomic E-state index is 0.220. The van der Waals surface area contributed by atoms with E-state index in [1.54, 1.807) is 25.3 Å². The fraction of sp³-hybridized carbons (Fsp3) is 0.381. The zero-order valence-electron chi connectivity index (χ0n) is 17.2. The van der Waals surface area contributed by atoms with E-state index in [-0.39, 0.29) is 17.9 Å². The summed E-state index contributed by atoms with van der Waals surface area (Å²) >= 11 is 0. The Morgan fingerprint density at radius 1 is 1.07 bits per heavy atom. The van der Waals surface area contributed by atoms with Crippen LogP contribution in [-0.2, 0) is 10.0 Å². The standard InChI is InChI=1S/C21H28N2O4S/c1-13(2)18-12-19(14(3)10-20(18)27-5)15(4)22-21(24)16-8-7-9-17(11-16)23-28(6,25)26/h7-13,15,23H,1-6H3,(H,22,24)/t15-/m1/s1. The van der Waals surface area contributed by atoms with E-state index in [4.69, 9.17) is 4.74 Å². The number of sulfonamides is 1. The number of ether oxygens (including phenoxy) is 1. The maximum absolute atomic E-state index is 12.7. The smallest absolute Gasteiger partial charge is 0.251 e.